The van der Waals surface area contributed by atoms with Crippen molar-refractivity contribution in [2.75, 3.05) is 12.8 Å². The largest absolute Gasteiger partial charge is 0.380 e. The van der Waals surface area contributed by atoms with Gasteiger partial charge in [-0.05, 0) is 19.6 Å². The van der Waals surface area contributed by atoms with Crippen LogP contribution in [-0.4, -0.2) is 18.6 Å². The van der Waals surface area contributed by atoms with Crippen molar-refractivity contribution in [1.29, 1.82) is 0 Å². The highest BCUT2D eigenvalue weighted by Crippen LogP contribution is 2.06. The number of rotatable bonds is 5. The Balaban J connectivity index is 3.84. The molecule has 0 spiro atoms. The van der Waals surface area contributed by atoms with Crippen molar-refractivity contribution in [3.05, 3.63) is 11.1 Å². The SMILES string of the molecule is CCCN/C(=C/C(C)=O)SC. The first-order valence-electron chi connectivity index (χ1n) is 3.70. The van der Waals surface area contributed by atoms with E-state index in [0.29, 0.717) is 0 Å². The predicted octanol–water partition coefficient (Wildman–Crippen LogP) is 1.78. The Morgan fingerprint density at radius 1 is 1.64 bits per heavy atom. The third kappa shape index (κ3) is 5.98. The Kier molecular flexibility index (Phi) is 6.03. The summed E-state index contributed by atoms with van der Waals surface area (Å²) in [6.07, 6.45) is 4.66. The van der Waals surface area contributed by atoms with E-state index in [-0.39, 0.29) is 5.78 Å². The summed E-state index contributed by atoms with van der Waals surface area (Å²) in [4.78, 5) is 10.6. The molecule has 0 aromatic rings. The predicted molar refractivity (Wildman–Crippen MR) is 50.6 cm³/mol. The Morgan fingerprint density at radius 3 is 2.64 bits per heavy atom. The summed E-state index contributed by atoms with van der Waals surface area (Å²) in [6, 6.07) is 0. The lowest BCUT2D eigenvalue weighted by atomic mass is 10.4. The van der Waals surface area contributed by atoms with Crippen LogP contribution in [0.4, 0.5) is 0 Å². The minimum Gasteiger partial charge on any atom is -0.380 e. The molecular formula is C8H15NOS. The molecule has 0 aromatic carbocycles. The normalized spacial score (nSPS) is 11.4. The van der Waals surface area contributed by atoms with E-state index >= 15 is 0 Å². The molecule has 0 bridgehead atoms. The molecule has 3 heteroatoms. The average molecular weight is 173 g/mol. The fraction of sp³-hybridized carbons (Fsp3) is 0.625. The van der Waals surface area contributed by atoms with Crippen molar-refractivity contribution in [3.63, 3.8) is 0 Å². The highest BCUT2D eigenvalue weighted by Gasteiger charge is 1.93. The van der Waals surface area contributed by atoms with Gasteiger partial charge < -0.3 is 5.32 Å². The van der Waals surface area contributed by atoms with Crippen LogP contribution in [0.3, 0.4) is 0 Å². The Labute approximate surface area is 72.4 Å². The van der Waals surface area contributed by atoms with Crippen LogP contribution in [0, 0.1) is 0 Å². The van der Waals surface area contributed by atoms with Gasteiger partial charge in [-0.1, -0.05) is 6.92 Å². The monoisotopic (exact) mass is 173 g/mol. The maximum Gasteiger partial charge on any atom is 0.155 e. The molecule has 0 saturated heterocycles. The summed E-state index contributed by atoms with van der Waals surface area (Å²) in [6.45, 7) is 4.59. The molecule has 0 aliphatic heterocycles. The van der Waals surface area contributed by atoms with E-state index in [0.717, 1.165) is 18.0 Å². The molecule has 64 valence electrons. The van der Waals surface area contributed by atoms with Crippen molar-refractivity contribution < 1.29 is 4.79 Å². The van der Waals surface area contributed by atoms with Crippen LogP contribution in [-0.2, 0) is 4.79 Å². The topological polar surface area (TPSA) is 29.1 Å². The van der Waals surface area contributed by atoms with Crippen molar-refractivity contribution >= 4 is 17.5 Å². The molecule has 0 amide bonds. The van der Waals surface area contributed by atoms with Crippen molar-refractivity contribution in [1.82, 2.24) is 5.32 Å². The zero-order valence-electron chi connectivity index (χ0n) is 7.31. The average Bonchev–Trinajstić information content (AvgIpc) is 1.97. The number of nitrogens with one attached hydrogen (secondary N) is 1. The minimum absolute atomic E-state index is 0.0953. The van der Waals surface area contributed by atoms with E-state index in [2.05, 4.69) is 12.2 Å². The number of thioether (sulfide) groups is 1. The van der Waals surface area contributed by atoms with Gasteiger partial charge in [0, 0.05) is 12.6 Å². The lowest BCUT2D eigenvalue weighted by Crippen LogP contribution is -2.12. The standard InChI is InChI=1S/C8H15NOS/c1-4-5-9-8(11-3)6-7(2)10/h6,9H,4-5H2,1-3H3/b8-6-. The first-order chi connectivity index (χ1) is 5.20. The molecule has 2 nitrogen and oxygen atoms in total. The number of carbonyl (C=O) groups is 1. The first kappa shape index (κ1) is 10.6. The Morgan fingerprint density at radius 2 is 2.27 bits per heavy atom. The number of hydrogen-bond donors (Lipinski definition) is 1. The molecule has 0 heterocycles. The highest BCUT2D eigenvalue weighted by atomic mass is 32.2. The van der Waals surface area contributed by atoms with Crippen LogP contribution in [0.5, 0.6) is 0 Å². The maximum absolute atomic E-state index is 10.6. The fourth-order valence-electron chi connectivity index (χ4n) is 0.615. The van der Waals surface area contributed by atoms with Gasteiger partial charge in [-0.25, -0.2) is 0 Å². The van der Waals surface area contributed by atoms with Crippen LogP contribution in [0.25, 0.3) is 0 Å². The summed E-state index contributed by atoms with van der Waals surface area (Å²) in [7, 11) is 0. The zero-order chi connectivity index (χ0) is 8.69. The van der Waals surface area contributed by atoms with E-state index < -0.39 is 0 Å². The molecule has 11 heavy (non-hydrogen) atoms. The quantitative estimate of drug-likeness (QED) is 0.642. The van der Waals surface area contributed by atoms with E-state index in [1.807, 2.05) is 6.26 Å². The molecular weight excluding hydrogens is 158 g/mol. The van der Waals surface area contributed by atoms with Gasteiger partial charge in [-0.3, -0.25) is 4.79 Å². The smallest absolute Gasteiger partial charge is 0.155 e. The van der Waals surface area contributed by atoms with E-state index in [4.69, 9.17) is 0 Å². The Hall–Kier alpha value is -0.440. The van der Waals surface area contributed by atoms with E-state index in [9.17, 15) is 4.79 Å². The maximum atomic E-state index is 10.6. The molecule has 0 rings (SSSR count). The lowest BCUT2D eigenvalue weighted by molar-refractivity contribution is -0.112. The summed E-state index contributed by atoms with van der Waals surface area (Å²) in [5.74, 6) is 0.0953. The molecule has 0 atom stereocenters. The van der Waals surface area contributed by atoms with Gasteiger partial charge in [0.25, 0.3) is 0 Å². The summed E-state index contributed by atoms with van der Waals surface area (Å²) < 4.78 is 0. The third-order valence-electron chi connectivity index (χ3n) is 1.10. The van der Waals surface area contributed by atoms with Crippen molar-refractivity contribution in [3.8, 4) is 0 Å². The fourth-order valence-corrected chi connectivity index (χ4v) is 1.15. The van der Waals surface area contributed by atoms with Crippen LogP contribution in [0.15, 0.2) is 11.1 Å². The number of allylic oxidation sites excluding steroid dienone is 1. The number of ketones is 1. The third-order valence-corrected chi connectivity index (χ3v) is 1.81. The lowest BCUT2D eigenvalue weighted by Gasteiger charge is -2.04. The Bertz CT molecular complexity index is 154. The van der Waals surface area contributed by atoms with Gasteiger partial charge in [0.2, 0.25) is 0 Å². The van der Waals surface area contributed by atoms with E-state index in [1.165, 1.54) is 0 Å². The van der Waals surface area contributed by atoms with Gasteiger partial charge in [-0.2, -0.15) is 0 Å². The molecule has 0 aliphatic rings. The zero-order valence-corrected chi connectivity index (χ0v) is 8.12. The van der Waals surface area contributed by atoms with Crippen molar-refractivity contribution in [2.24, 2.45) is 0 Å². The van der Waals surface area contributed by atoms with Gasteiger partial charge in [0.15, 0.2) is 5.78 Å². The molecule has 1 N–H and O–H groups in total. The minimum atomic E-state index is 0.0953. The van der Waals surface area contributed by atoms with Crippen molar-refractivity contribution in [2.45, 2.75) is 20.3 Å². The van der Waals surface area contributed by atoms with Gasteiger partial charge in [0.1, 0.15) is 0 Å². The molecule has 0 aliphatic carbocycles. The molecule has 0 fully saturated rings. The van der Waals surface area contributed by atoms with Crippen LogP contribution in [0.2, 0.25) is 0 Å². The van der Waals surface area contributed by atoms with Crippen LogP contribution >= 0.6 is 11.8 Å². The summed E-state index contributed by atoms with van der Waals surface area (Å²) in [5.41, 5.74) is 0. The molecule has 0 aromatic heterocycles. The second-order valence-corrected chi connectivity index (χ2v) is 3.10. The summed E-state index contributed by atoms with van der Waals surface area (Å²) in [5, 5.41) is 4.11. The second-order valence-electron chi connectivity index (χ2n) is 2.25. The van der Waals surface area contributed by atoms with Gasteiger partial charge in [-0.15, -0.1) is 11.8 Å². The number of hydrogen-bond acceptors (Lipinski definition) is 3. The van der Waals surface area contributed by atoms with Gasteiger partial charge >= 0.3 is 0 Å². The second kappa shape index (κ2) is 6.28. The van der Waals surface area contributed by atoms with Gasteiger partial charge in [0.05, 0.1) is 5.03 Å². The van der Waals surface area contributed by atoms with E-state index in [1.54, 1.807) is 24.8 Å². The summed E-state index contributed by atoms with van der Waals surface area (Å²) >= 11 is 1.57. The number of carbonyl (C=O) groups excluding carboxylic acids is 1. The van der Waals surface area contributed by atoms with Crippen LogP contribution in [0.1, 0.15) is 20.3 Å². The van der Waals surface area contributed by atoms with Crippen LogP contribution < -0.4 is 5.32 Å². The highest BCUT2D eigenvalue weighted by molar-refractivity contribution is 8.02. The molecule has 0 radical (unpaired) electrons. The first-order valence-corrected chi connectivity index (χ1v) is 4.93. The molecule has 0 unspecified atom stereocenters. The molecule has 0 saturated carbocycles.